The lowest BCUT2D eigenvalue weighted by Gasteiger charge is -2.37. The van der Waals surface area contributed by atoms with E-state index in [-0.39, 0.29) is 0 Å². The molecule has 2 atom stereocenters. The zero-order valence-electron chi connectivity index (χ0n) is 20.8. The molecule has 1 saturated carbocycles. The van der Waals surface area contributed by atoms with Gasteiger partial charge in [0.05, 0.1) is 5.69 Å². The Morgan fingerprint density at radius 2 is 1.29 bits per heavy atom. The fourth-order valence-electron chi connectivity index (χ4n) is 4.00. The fraction of sp³-hybridized carbons (Fsp3) is 0.462. The summed E-state index contributed by atoms with van der Waals surface area (Å²) in [5.74, 6) is 4.27. The minimum atomic E-state index is 0.500. The van der Waals surface area contributed by atoms with Crippen LogP contribution in [0.15, 0.2) is 48.7 Å². The van der Waals surface area contributed by atoms with Gasteiger partial charge in [-0.05, 0) is 58.1 Å². The third-order valence-corrected chi connectivity index (χ3v) is 5.67. The number of hydrogen-bond donors (Lipinski definition) is 4. The van der Waals surface area contributed by atoms with Crippen molar-refractivity contribution in [3.63, 3.8) is 0 Å². The summed E-state index contributed by atoms with van der Waals surface area (Å²) in [5.41, 5.74) is 2.58. The Kier molecular flexibility index (Phi) is 9.88. The Morgan fingerprint density at radius 1 is 0.676 bits per heavy atom. The molecule has 1 aliphatic rings. The largest absolute Gasteiger partial charge is 0.370 e. The zero-order chi connectivity index (χ0) is 24.2. The van der Waals surface area contributed by atoms with Crippen LogP contribution in [0.1, 0.15) is 63.6 Å². The van der Waals surface area contributed by atoms with Crippen LogP contribution in [0.25, 0.3) is 0 Å². The van der Waals surface area contributed by atoms with Crippen LogP contribution in [0.2, 0.25) is 0 Å². The molecule has 1 fully saturated rings. The lowest BCUT2D eigenvalue weighted by Crippen LogP contribution is -2.23. The SMILES string of the molecule is CCNc1cc(C2CCC2c2ccccc2)nc(NCC)n1.CCNc1ccnc(NCC)n1. The molecule has 2 heterocycles. The molecule has 1 aliphatic carbocycles. The molecule has 0 radical (unpaired) electrons. The molecule has 0 saturated heterocycles. The van der Waals surface area contributed by atoms with E-state index < -0.39 is 0 Å². The van der Waals surface area contributed by atoms with Crippen molar-refractivity contribution in [2.45, 2.75) is 52.4 Å². The number of aromatic nitrogens is 4. The van der Waals surface area contributed by atoms with Crippen LogP contribution < -0.4 is 21.3 Å². The van der Waals surface area contributed by atoms with E-state index in [2.05, 4.69) is 86.5 Å². The lowest BCUT2D eigenvalue weighted by molar-refractivity contribution is 0.340. The summed E-state index contributed by atoms with van der Waals surface area (Å²) in [4.78, 5) is 17.5. The van der Waals surface area contributed by atoms with E-state index in [1.165, 1.54) is 18.4 Å². The van der Waals surface area contributed by atoms with Crippen LogP contribution >= 0.6 is 0 Å². The van der Waals surface area contributed by atoms with Gasteiger partial charge >= 0.3 is 0 Å². The average Bonchev–Trinajstić information content (AvgIpc) is 2.81. The zero-order valence-corrected chi connectivity index (χ0v) is 20.8. The third kappa shape index (κ3) is 7.04. The normalized spacial score (nSPS) is 16.5. The molecule has 8 heteroatoms. The summed E-state index contributed by atoms with van der Waals surface area (Å²) in [6, 6.07) is 14.8. The molecule has 182 valence electrons. The molecule has 2 unspecified atom stereocenters. The van der Waals surface area contributed by atoms with E-state index in [1.54, 1.807) is 6.20 Å². The van der Waals surface area contributed by atoms with Gasteiger partial charge in [-0.15, -0.1) is 0 Å². The molecule has 0 bridgehead atoms. The van der Waals surface area contributed by atoms with Crippen LogP contribution in [-0.4, -0.2) is 46.1 Å². The number of benzene rings is 1. The molecule has 0 spiro atoms. The molecule has 34 heavy (non-hydrogen) atoms. The first-order chi connectivity index (χ1) is 16.7. The summed E-state index contributed by atoms with van der Waals surface area (Å²) in [6.07, 6.45) is 4.18. The van der Waals surface area contributed by atoms with Crippen LogP contribution in [0.5, 0.6) is 0 Å². The first-order valence-corrected chi connectivity index (χ1v) is 12.4. The monoisotopic (exact) mass is 462 g/mol. The first kappa shape index (κ1) is 25.2. The van der Waals surface area contributed by atoms with Crippen molar-refractivity contribution >= 4 is 23.5 Å². The van der Waals surface area contributed by atoms with Crippen molar-refractivity contribution in [3.05, 3.63) is 59.9 Å². The standard InChI is InChI=1S/C18H24N4.C8H14N4/c1-3-19-17-12-16(21-18(22-17)20-4-2)15-11-10-14(15)13-8-6-5-7-9-13;1-3-9-7-5-6-11-8(12-7)10-4-2/h5-9,12,14-15H,3-4,10-11H2,1-2H3,(H2,19,20,21,22);5-6H,3-4H2,1-2H3,(H2,9,10,11,12). The Hall–Kier alpha value is -3.42. The van der Waals surface area contributed by atoms with E-state index >= 15 is 0 Å². The van der Waals surface area contributed by atoms with E-state index in [0.717, 1.165) is 49.5 Å². The first-order valence-electron chi connectivity index (χ1n) is 12.4. The molecular formula is C26H38N8. The maximum absolute atomic E-state index is 4.74. The number of nitrogens with zero attached hydrogens (tertiary/aromatic N) is 4. The van der Waals surface area contributed by atoms with Crippen molar-refractivity contribution in [1.82, 2.24) is 19.9 Å². The second-order valence-corrected chi connectivity index (χ2v) is 8.09. The summed E-state index contributed by atoms with van der Waals surface area (Å²) in [5, 5.41) is 12.7. The predicted octanol–water partition coefficient (Wildman–Crippen LogP) is 5.34. The highest BCUT2D eigenvalue weighted by molar-refractivity contribution is 5.44. The van der Waals surface area contributed by atoms with Crippen molar-refractivity contribution in [1.29, 1.82) is 0 Å². The van der Waals surface area contributed by atoms with Crippen LogP contribution in [0.4, 0.5) is 23.5 Å². The van der Waals surface area contributed by atoms with E-state index in [9.17, 15) is 0 Å². The van der Waals surface area contributed by atoms with Crippen LogP contribution in [0, 0.1) is 0 Å². The fourth-order valence-corrected chi connectivity index (χ4v) is 4.00. The average molecular weight is 463 g/mol. The van der Waals surface area contributed by atoms with Gasteiger partial charge in [0, 0.05) is 44.4 Å². The van der Waals surface area contributed by atoms with Gasteiger partial charge in [-0.1, -0.05) is 30.3 Å². The Morgan fingerprint density at radius 3 is 1.94 bits per heavy atom. The molecule has 4 rings (SSSR count). The molecule has 1 aromatic carbocycles. The van der Waals surface area contributed by atoms with Gasteiger partial charge in [-0.25, -0.2) is 9.97 Å². The van der Waals surface area contributed by atoms with Gasteiger partial charge in [0.1, 0.15) is 11.6 Å². The molecule has 0 aliphatic heterocycles. The Balaban J connectivity index is 0.000000229. The number of anilines is 4. The van der Waals surface area contributed by atoms with Gasteiger partial charge in [0.2, 0.25) is 11.9 Å². The molecule has 8 nitrogen and oxygen atoms in total. The van der Waals surface area contributed by atoms with Gasteiger partial charge in [0.25, 0.3) is 0 Å². The second kappa shape index (κ2) is 13.3. The number of hydrogen-bond acceptors (Lipinski definition) is 8. The van der Waals surface area contributed by atoms with Crippen molar-refractivity contribution in [3.8, 4) is 0 Å². The summed E-state index contributed by atoms with van der Waals surface area (Å²) < 4.78 is 0. The highest BCUT2D eigenvalue weighted by Crippen LogP contribution is 2.48. The minimum absolute atomic E-state index is 0.500. The summed E-state index contributed by atoms with van der Waals surface area (Å²) in [7, 11) is 0. The van der Waals surface area contributed by atoms with Crippen molar-refractivity contribution in [2.24, 2.45) is 0 Å². The summed E-state index contributed by atoms with van der Waals surface area (Å²) >= 11 is 0. The minimum Gasteiger partial charge on any atom is -0.370 e. The Bertz CT molecular complexity index is 950. The van der Waals surface area contributed by atoms with Crippen LogP contribution in [-0.2, 0) is 0 Å². The highest BCUT2D eigenvalue weighted by Gasteiger charge is 2.34. The topological polar surface area (TPSA) is 99.7 Å². The number of nitrogens with one attached hydrogen (secondary N) is 4. The quantitative estimate of drug-likeness (QED) is 0.320. The maximum atomic E-state index is 4.74. The highest BCUT2D eigenvalue weighted by atomic mass is 15.1. The van der Waals surface area contributed by atoms with E-state index in [4.69, 9.17) is 4.98 Å². The predicted molar refractivity (Wildman–Crippen MR) is 142 cm³/mol. The smallest absolute Gasteiger partial charge is 0.224 e. The van der Waals surface area contributed by atoms with E-state index in [0.29, 0.717) is 17.8 Å². The molecule has 2 aromatic heterocycles. The Labute approximate surface area is 203 Å². The van der Waals surface area contributed by atoms with Gasteiger partial charge in [-0.3, -0.25) is 0 Å². The summed E-state index contributed by atoms with van der Waals surface area (Å²) in [6.45, 7) is 11.6. The van der Waals surface area contributed by atoms with Crippen molar-refractivity contribution < 1.29 is 0 Å². The third-order valence-electron chi connectivity index (χ3n) is 5.67. The van der Waals surface area contributed by atoms with E-state index in [1.807, 2.05) is 19.9 Å². The number of rotatable bonds is 10. The maximum Gasteiger partial charge on any atom is 0.224 e. The lowest BCUT2D eigenvalue weighted by atomic mass is 9.68. The van der Waals surface area contributed by atoms with Gasteiger partial charge < -0.3 is 21.3 Å². The molecule has 3 aromatic rings. The second-order valence-electron chi connectivity index (χ2n) is 8.09. The van der Waals surface area contributed by atoms with Gasteiger partial charge in [0.15, 0.2) is 0 Å². The molecular weight excluding hydrogens is 424 g/mol. The van der Waals surface area contributed by atoms with Crippen LogP contribution in [0.3, 0.4) is 0 Å². The van der Waals surface area contributed by atoms with Gasteiger partial charge in [-0.2, -0.15) is 9.97 Å². The van der Waals surface area contributed by atoms with Crippen molar-refractivity contribution in [2.75, 3.05) is 47.4 Å². The molecule has 0 amide bonds. The molecule has 4 N–H and O–H groups in total.